The van der Waals surface area contributed by atoms with Crippen LogP contribution in [-0.4, -0.2) is 29.5 Å². The summed E-state index contributed by atoms with van der Waals surface area (Å²) < 4.78 is 26.8. The van der Waals surface area contributed by atoms with Crippen molar-refractivity contribution in [3.05, 3.63) is 30.2 Å². The summed E-state index contributed by atoms with van der Waals surface area (Å²) in [6, 6.07) is 6.56. The lowest BCUT2D eigenvalue weighted by molar-refractivity contribution is 0.271. The number of hydrogen-bond donors (Lipinski definition) is 1. The Kier molecular flexibility index (Phi) is 3.99. The van der Waals surface area contributed by atoms with Gasteiger partial charge in [0.2, 0.25) is 5.89 Å². The first kappa shape index (κ1) is 13.7. The third-order valence-electron chi connectivity index (χ3n) is 2.49. The van der Waals surface area contributed by atoms with E-state index >= 15 is 0 Å². The van der Waals surface area contributed by atoms with Crippen LogP contribution in [0.2, 0.25) is 0 Å². The van der Waals surface area contributed by atoms with Gasteiger partial charge in [0.15, 0.2) is 0 Å². The predicted octanol–water partition coefficient (Wildman–Crippen LogP) is 2.43. The van der Waals surface area contributed by atoms with Crippen molar-refractivity contribution < 1.29 is 23.1 Å². The largest absolute Gasteiger partial charge is 0.507 e. The van der Waals surface area contributed by atoms with Gasteiger partial charge >= 0.3 is 7.60 Å². The molecule has 0 radical (unpaired) electrons. The van der Waals surface area contributed by atoms with Crippen molar-refractivity contribution in [3.8, 4) is 17.2 Å². The molecule has 1 N–H and O–H groups in total. The molecule has 0 aliphatic rings. The van der Waals surface area contributed by atoms with Gasteiger partial charge in [-0.3, -0.25) is 4.57 Å². The fraction of sp³-hybridized carbons (Fsp3) is 0.273. The molecule has 0 aliphatic heterocycles. The van der Waals surface area contributed by atoms with E-state index in [1.807, 2.05) is 0 Å². The number of benzene rings is 1. The quantitative estimate of drug-likeness (QED) is 0.842. The summed E-state index contributed by atoms with van der Waals surface area (Å²) in [5.74, 6) is 0.288. The van der Waals surface area contributed by atoms with Gasteiger partial charge in [0.1, 0.15) is 11.9 Å². The average Bonchev–Trinajstić information content (AvgIpc) is 2.87. The van der Waals surface area contributed by atoms with Crippen molar-refractivity contribution >= 4 is 7.60 Å². The van der Waals surface area contributed by atoms with Gasteiger partial charge in [-0.25, -0.2) is 0 Å². The molecule has 0 atom stereocenters. The predicted molar refractivity (Wildman–Crippen MR) is 66.7 cm³/mol. The molecule has 7 nitrogen and oxygen atoms in total. The number of aromatic hydroxyl groups is 1. The van der Waals surface area contributed by atoms with Crippen LogP contribution in [0.25, 0.3) is 11.5 Å². The molecule has 2 rings (SSSR count). The Labute approximate surface area is 109 Å². The molecule has 0 unspecified atom stereocenters. The molecule has 102 valence electrons. The van der Waals surface area contributed by atoms with Crippen LogP contribution in [0.3, 0.4) is 0 Å². The summed E-state index contributed by atoms with van der Waals surface area (Å²) in [6.45, 7) is 0. The lowest BCUT2D eigenvalue weighted by Crippen LogP contribution is -1.93. The van der Waals surface area contributed by atoms with E-state index in [0.29, 0.717) is 5.56 Å². The first-order valence-corrected chi connectivity index (χ1v) is 7.12. The molecule has 1 aromatic carbocycles. The van der Waals surface area contributed by atoms with Crippen LogP contribution < -0.4 is 0 Å². The van der Waals surface area contributed by atoms with Gasteiger partial charge in [0.05, 0.1) is 5.56 Å². The maximum atomic E-state index is 11.9. The Hall–Kier alpha value is -1.69. The maximum Gasteiger partial charge on any atom is 0.339 e. The molecule has 0 saturated heterocycles. The standard InChI is InChI=1S/C11H13N2O5P/c1-16-19(15,17-2)7-10-12-13-11(18-10)8-5-3-4-6-9(8)14/h3-6,14H,7H2,1-2H3. The van der Waals surface area contributed by atoms with Crippen LogP contribution in [-0.2, 0) is 19.8 Å². The van der Waals surface area contributed by atoms with E-state index < -0.39 is 7.60 Å². The maximum absolute atomic E-state index is 11.9. The average molecular weight is 284 g/mol. The van der Waals surface area contributed by atoms with Gasteiger partial charge in [0, 0.05) is 14.2 Å². The topological polar surface area (TPSA) is 94.7 Å². The molecule has 0 saturated carbocycles. The number of rotatable bonds is 5. The van der Waals surface area contributed by atoms with E-state index in [-0.39, 0.29) is 23.7 Å². The molecule has 0 spiro atoms. The number of aromatic nitrogens is 2. The van der Waals surface area contributed by atoms with E-state index in [1.54, 1.807) is 18.2 Å². The molecule has 19 heavy (non-hydrogen) atoms. The summed E-state index contributed by atoms with van der Waals surface area (Å²) in [6.07, 6.45) is -0.124. The van der Waals surface area contributed by atoms with E-state index in [9.17, 15) is 9.67 Å². The van der Waals surface area contributed by atoms with Crippen molar-refractivity contribution in [1.29, 1.82) is 0 Å². The Bertz CT molecular complexity index is 605. The zero-order valence-electron chi connectivity index (χ0n) is 10.4. The number of para-hydroxylation sites is 1. The Morgan fingerprint density at radius 2 is 1.95 bits per heavy atom. The number of nitrogens with zero attached hydrogens (tertiary/aromatic N) is 2. The highest BCUT2D eigenvalue weighted by atomic mass is 31.2. The second kappa shape index (κ2) is 5.52. The van der Waals surface area contributed by atoms with Crippen LogP contribution in [0, 0.1) is 0 Å². The smallest absolute Gasteiger partial charge is 0.339 e. The zero-order chi connectivity index (χ0) is 13.9. The molecule has 0 amide bonds. The van der Waals surface area contributed by atoms with Crippen molar-refractivity contribution in [3.63, 3.8) is 0 Å². The van der Waals surface area contributed by atoms with Crippen molar-refractivity contribution in [2.45, 2.75) is 6.16 Å². The van der Waals surface area contributed by atoms with Crippen molar-refractivity contribution in [2.75, 3.05) is 14.2 Å². The fourth-order valence-electron chi connectivity index (χ4n) is 1.45. The first-order valence-electron chi connectivity index (χ1n) is 5.39. The normalized spacial score (nSPS) is 11.7. The summed E-state index contributed by atoms with van der Waals surface area (Å²) in [4.78, 5) is 0. The lowest BCUT2D eigenvalue weighted by atomic mass is 10.2. The third-order valence-corrected chi connectivity index (χ3v) is 4.26. The van der Waals surface area contributed by atoms with Crippen molar-refractivity contribution in [1.82, 2.24) is 10.2 Å². The highest BCUT2D eigenvalue weighted by Crippen LogP contribution is 2.49. The molecule has 0 aliphatic carbocycles. The van der Waals surface area contributed by atoms with Crippen LogP contribution >= 0.6 is 7.60 Å². The zero-order valence-corrected chi connectivity index (χ0v) is 11.3. The molecule has 1 aromatic heterocycles. The third kappa shape index (κ3) is 3.01. The van der Waals surface area contributed by atoms with Crippen LogP contribution in [0.1, 0.15) is 5.89 Å². The minimum absolute atomic E-state index is 0.0272. The van der Waals surface area contributed by atoms with Crippen LogP contribution in [0.4, 0.5) is 0 Å². The number of hydrogen-bond acceptors (Lipinski definition) is 7. The highest BCUT2D eigenvalue weighted by molar-refractivity contribution is 7.52. The van der Waals surface area contributed by atoms with Crippen molar-refractivity contribution in [2.24, 2.45) is 0 Å². The Morgan fingerprint density at radius 1 is 1.26 bits per heavy atom. The monoisotopic (exact) mass is 284 g/mol. The molecule has 1 heterocycles. The van der Waals surface area contributed by atoms with Crippen LogP contribution in [0.5, 0.6) is 5.75 Å². The number of phenolic OH excluding ortho intramolecular Hbond substituents is 1. The molecule has 2 aromatic rings. The minimum Gasteiger partial charge on any atom is -0.507 e. The van der Waals surface area contributed by atoms with Gasteiger partial charge in [-0.15, -0.1) is 10.2 Å². The van der Waals surface area contributed by atoms with E-state index in [4.69, 9.17) is 13.5 Å². The van der Waals surface area contributed by atoms with Gasteiger partial charge in [-0.05, 0) is 12.1 Å². The second-order valence-corrected chi connectivity index (χ2v) is 5.92. The fourth-order valence-corrected chi connectivity index (χ4v) is 2.32. The number of phenols is 1. The van der Waals surface area contributed by atoms with Gasteiger partial charge in [-0.2, -0.15) is 0 Å². The summed E-state index contributed by atoms with van der Waals surface area (Å²) >= 11 is 0. The SMILES string of the molecule is COP(=O)(Cc1nnc(-c2ccccc2O)o1)OC. The van der Waals surface area contributed by atoms with Gasteiger partial charge < -0.3 is 18.6 Å². The second-order valence-electron chi connectivity index (χ2n) is 3.65. The first-order chi connectivity index (χ1) is 9.08. The van der Waals surface area contributed by atoms with E-state index in [0.717, 1.165) is 0 Å². The highest BCUT2D eigenvalue weighted by Gasteiger charge is 2.26. The molecular formula is C11H13N2O5P. The molecule has 0 bridgehead atoms. The molecular weight excluding hydrogens is 271 g/mol. The summed E-state index contributed by atoms with van der Waals surface area (Å²) in [7, 11) is -0.687. The van der Waals surface area contributed by atoms with E-state index in [2.05, 4.69) is 10.2 Å². The van der Waals surface area contributed by atoms with Gasteiger partial charge in [0.25, 0.3) is 5.89 Å². The van der Waals surface area contributed by atoms with Crippen LogP contribution in [0.15, 0.2) is 28.7 Å². The lowest BCUT2D eigenvalue weighted by Gasteiger charge is -2.10. The minimum atomic E-state index is -3.25. The molecule has 0 fully saturated rings. The molecule has 8 heteroatoms. The Balaban J connectivity index is 2.25. The van der Waals surface area contributed by atoms with Gasteiger partial charge in [-0.1, -0.05) is 12.1 Å². The Morgan fingerprint density at radius 3 is 2.58 bits per heavy atom. The summed E-state index contributed by atoms with van der Waals surface area (Å²) in [5, 5.41) is 17.2. The summed E-state index contributed by atoms with van der Waals surface area (Å²) in [5.41, 5.74) is 0.408. The van der Waals surface area contributed by atoms with E-state index in [1.165, 1.54) is 20.3 Å².